The minimum Gasteiger partial charge on any atom is -0.341 e. The molecule has 1 unspecified atom stereocenters. The van der Waals surface area contributed by atoms with E-state index >= 15 is 0 Å². The molecular formula is C21H11BrCl2F2N2O2. The summed E-state index contributed by atoms with van der Waals surface area (Å²) in [5.41, 5.74) is 0.986. The van der Waals surface area contributed by atoms with Crippen molar-refractivity contribution in [3.63, 3.8) is 0 Å². The smallest absolute Gasteiger partial charge is 0.258 e. The van der Waals surface area contributed by atoms with Crippen LogP contribution in [0.3, 0.4) is 0 Å². The van der Waals surface area contributed by atoms with Crippen molar-refractivity contribution in [1.29, 1.82) is 0 Å². The van der Waals surface area contributed by atoms with Gasteiger partial charge >= 0.3 is 0 Å². The van der Waals surface area contributed by atoms with Gasteiger partial charge in [-0.3, -0.25) is 9.59 Å². The SMILES string of the molecule is O=C(Nc1cc(Br)cc2c1C(c1cc(F)ccc1Cl)NC2=O)c1cc(Cl)ccc1F. The standard InChI is InChI=1S/C21H11BrCl2F2N2O2/c22-9-5-14-18(19(28-21(14)30)12-8-11(25)2-3-15(12)24)17(6-9)27-20(29)13-7-10(23)1-4-16(13)26/h1-8,19H,(H,27,29)(H,28,30). The average molecular weight is 512 g/mol. The van der Waals surface area contributed by atoms with Crippen LogP contribution in [0.1, 0.15) is 37.9 Å². The highest BCUT2D eigenvalue weighted by atomic mass is 79.9. The number of fused-ring (bicyclic) bond motifs is 1. The van der Waals surface area contributed by atoms with E-state index in [1.807, 2.05) is 0 Å². The van der Waals surface area contributed by atoms with E-state index in [9.17, 15) is 18.4 Å². The fourth-order valence-electron chi connectivity index (χ4n) is 3.33. The van der Waals surface area contributed by atoms with Gasteiger partial charge < -0.3 is 10.6 Å². The van der Waals surface area contributed by atoms with Crippen LogP contribution >= 0.6 is 39.1 Å². The third-order valence-corrected chi connectivity index (χ3v) is 5.68. The molecule has 2 N–H and O–H groups in total. The molecule has 1 atom stereocenters. The zero-order valence-electron chi connectivity index (χ0n) is 14.9. The minimum absolute atomic E-state index is 0.197. The molecule has 2 amide bonds. The Morgan fingerprint density at radius 3 is 2.60 bits per heavy atom. The van der Waals surface area contributed by atoms with Crippen molar-refractivity contribution in [2.24, 2.45) is 0 Å². The normalized spacial score (nSPS) is 15.0. The van der Waals surface area contributed by atoms with Crippen molar-refractivity contribution in [3.05, 3.63) is 96.9 Å². The van der Waals surface area contributed by atoms with Crippen LogP contribution in [0.2, 0.25) is 10.0 Å². The summed E-state index contributed by atoms with van der Waals surface area (Å²) in [6, 6.07) is 9.76. The van der Waals surface area contributed by atoms with Crippen molar-refractivity contribution in [2.75, 3.05) is 5.32 Å². The van der Waals surface area contributed by atoms with Crippen LogP contribution in [0.25, 0.3) is 0 Å². The Balaban J connectivity index is 1.82. The van der Waals surface area contributed by atoms with Crippen LogP contribution in [0.4, 0.5) is 14.5 Å². The van der Waals surface area contributed by atoms with Crippen LogP contribution in [0.5, 0.6) is 0 Å². The van der Waals surface area contributed by atoms with Gasteiger partial charge in [0.2, 0.25) is 0 Å². The number of carbonyl (C=O) groups is 2. The molecule has 3 aromatic carbocycles. The van der Waals surface area contributed by atoms with E-state index in [-0.39, 0.29) is 26.9 Å². The second-order valence-electron chi connectivity index (χ2n) is 6.57. The molecule has 0 saturated carbocycles. The van der Waals surface area contributed by atoms with Gasteiger partial charge in [-0.05, 0) is 48.5 Å². The third-order valence-electron chi connectivity index (χ3n) is 4.64. The molecule has 0 aromatic heterocycles. The lowest BCUT2D eigenvalue weighted by molar-refractivity contribution is 0.0959. The van der Waals surface area contributed by atoms with Gasteiger partial charge in [0, 0.05) is 36.9 Å². The molecule has 0 saturated heterocycles. The molecule has 1 aliphatic rings. The first kappa shape index (κ1) is 20.8. The third kappa shape index (κ3) is 3.80. The summed E-state index contributed by atoms with van der Waals surface area (Å²) in [5.74, 6) is -2.44. The van der Waals surface area contributed by atoms with E-state index < -0.39 is 29.5 Å². The zero-order valence-corrected chi connectivity index (χ0v) is 18.0. The van der Waals surface area contributed by atoms with E-state index in [0.29, 0.717) is 15.6 Å². The molecule has 1 heterocycles. The molecule has 152 valence electrons. The van der Waals surface area contributed by atoms with Crippen molar-refractivity contribution in [3.8, 4) is 0 Å². The van der Waals surface area contributed by atoms with E-state index in [1.54, 1.807) is 12.1 Å². The summed E-state index contributed by atoms with van der Waals surface area (Å²) in [6.07, 6.45) is 0. The number of hydrogen-bond donors (Lipinski definition) is 2. The number of benzene rings is 3. The first-order valence-electron chi connectivity index (χ1n) is 8.60. The lowest BCUT2D eigenvalue weighted by Crippen LogP contribution is -2.21. The number of rotatable bonds is 3. The van der Waals surface area contributed by atoms with Crippen LogP contribution in [0.15, 0.2) is 53.0 Å². The maximum Gasteiger partial charge on any atom is 0.258 e. The largest absolute Gasteiger partial charge is 0.341 e. The van der Waals surface area contributed by atoms with E-state index in [1.165, 1.54) is 30.3 Å². The highest BCUT2D eigenvalue weighted by molar-refractivity contribution is 9.10. The van der Waals surface area contributed by atoms with Gasteiger partial charge in [-0.25, -0.2) is 8.78 Å². The van der Waals surface area contributed by atoms with Crippen molar-refractivity contribution >= 4 is 56.6 Å². The summed E-state index contributed by atoms with van der Waals surface area (Å²) < 4.78 is 28.5. The van der Waals surface area contributed by atoms with Gasteiger partial charge in [0.05, 0.1) is 11.6 Å². The van der Waals surface area contributed by atoms with Gasteiger partial charge in [0.25, 0.3) is 11.8 Å². The summed E-state index contributed by atoms with van der Waals surface area (Å²) in [4.78, 5) is 25.3. The lowest BCUT2D eigenvalue weighted by Gasteiger charge is -2.18. The molecule has 30 heavy (non-hydrogen) atoms. The van der Waals surface area contributed by atoms with Gasteiger partial charge in [-0.2, -0.15) is 0 Å². The predicted octanol–water partition coefficient (Wildman–Crippen LogP) is 6.12. The molecule has 1 aliphatic heterocycles. The quantitative estimate of drug-likeness (QED) is 0.445. The molecule has 0 bridgehead atoms. The monoisotopic (exact) mass is 510 g/mol. The number of hydrogen-bond acceptors (Lipinski definition) is 2. The Hall–Kier alpha value is -2.48. The number of anilines is 1. The Morgan fingerprint density at radius 2 is 1.83 bits per heavy atom. The number of halogens is 5. The maximum atomic E-state index is 14.1. The van der Waals surface area contributed by atoms with Gasteiger partial charge in [0.15, 0.2) is 0 Å². The van der Waals surface area contributed by atoms with Gasteiger partial charge in [-0.1, -0.05) is 39.1 Å². The first-order chi connectivity index (χ1) is 14.2. The summed E-state index contributed by atoms with van der Waals surface area (Å²) in [5, 5.41) is 5.82. The molecule has 0 aliphatic carbocycles. The Labute approximate surface area is 188 Å². The Bertz CT molecular complexity index is 1220. The molecule has 0 fully saturated rings. The Kier molecular flexibility index (Phi) is 5.53. The van der Waals surface area contributed by atoms with Crippen LogP contribution in [0, 0.1) is 11.6 Å². The second kappa shape index (κ2) is 7.98. The molecular weight excluding hydrogens is 501 g/mol. The topological polar surface area (TPSA) is 58.2 Å². The fraction of sp³-hybridized carbons (Fsp3) is 0.0476. The number of nitrogens with one attached hydrogen (secondary N) is 2. The maximum absolute atomic E-state index is 14.1. The lowest BCUT2D eigenvalue weighted by atomic mass is 9.96. The summed E-state index contributed by atoms with van der Waals surface area (Å²) in [6.45, 7) is 0. The molecule has 9 heteroatoms. The Morgan fingerprint density at radius 1 is 1.07 bits per heavy atom. The van der Waals surface area contributed by atoms with Crippen molar-refractivity contribution in [1.82, 2.24) is 5.32 Å². The molecule has 3 aromatic rings. The number of carbonyl (C=O) groups excluding carboxylic acids is 2. The van der Waals surface area contributed by atoms with Crippen LogP contribution in [-0.2, 0) is 0 Å². The highest BCUT2D eigenvalue weighted by Crippen LogP contribution is 2.41. The summed E-state index contributed by atoms with van der Waals surface area (Å²) >= 11 is 15.4. The molecule has 4 nitrogen and oxygen atoms in total. The van der Waals surface area contributed by atoms with Gasteiger partial charge in [-0.15, -0.1) is 0 Å². The second-order valence-corrected chi connectivity index (χ2v) is 8.32. The zero-order chi connectivity index (χ0) is 21.6. The summed E-state index contributed by atoms with van der Waals surface area (Å²) in [7, 11) is 0. The highest BCUT2D eigenvalue weighted by Gasteiger charge is 2.34. The van der Waals surface area contributed by atoms with Gasteiger partial charge in [0.1, 0.15) is 11.6 Å². The van der Waals surface area contributed by atoms with Crippen molar-refractivity contribution in [2.45, 2.75) is 6.04 Å². The van der Waals surface area contributed by atoms with E-state index in [0.717, 1.165) is 6.07 Å². The molecule has 4 rings (SSSR count). The minimum atomic E-state index is -0.802. The molecule has 0 radical (unpaired) electrons. The molecule has 0 spiro atoms. The first-order valence-corrected chi connectivity index (χ1v) is 10.1. The number of amides is 2. The van der Waals surface area contributed by atoms with E-state index in [2.05, 4.69) is 26.6 Å². The van der Waals surface area contributed by atoms with Crippen LogP contribution in [-0.4, -0.2) is 11.8 Å². The van der Waals surface area contributed by atoms with Crippen molar-refractivity contribution < 1.29 is 18.4 Å². The fourth-order valence-corrected chi connectivity index (χ4v) is 4.19. The predicted molar refractivity (Wildman–Crippen MR) is 114 cm³/mol. The average Bonchev–Trinajstić information content (AvgIpc) is 3.02. The van der Waals surface area contributed by atoms with E-state index in [4.69, 9.17) is 23.2 Å². The van der Waals surface area contributed by atoms with Crippen LogP contribution < -0.4 is 10.6 Å².